The van der Waals surface area contributed by atoms with E-state index in [2.05, 4.69) is 9.88 Å². The molecule has 0 saturated carbocycles. The van der Waals surface area contributed by atoms with Crippen LogP contribution in [0.4, 0.5) is 11.8 Å². The Morgan fingerprint density at radius 1 is 1.04 bits per heavy atom. The minimum Gasteiger partial charge on any atom is -0.384 e. The third-order valence-electron chi connectivity index (χ3n) is 4.56. The molecule has 1 amide bonds. The number of morpholine rings is 1. The number of pyridine rings is 1. The number of ether oxygens (including phenoxy) is 1. The van der Waals surface area contributed by atoms with E-state index in [1.807, 2.05) is 24.3 Å². The predicted octanol–water partition coefficient (Wildman–Crippen LogP) is 1.72. The topological polar surface area (TPSA) is 120 Å². The summed E-state index contributed by atoms with van der Waals surface area (Å²) in [6, 6.07) is 12.6. The number of anilines is 2. The molecule has 8 heteroatoms. The van der Waals surface area contributed by atoms with Gasteiger partial charge >= 0.3 is 0 Å². The van der Waals surface area contributed by atoms with Crippen LogP contribution in [0.15, 0.2) is 48.7 Å². The van der Waals surface area contributed by atoms with Crippen LogP contribution in [0.2, 0.25) is 0 Å². The minimum atomic E-state index is -0.502. The Bertz CT molecular complexity index is 1000. The molecule has 8 nitrogen and oxygen atoms in total. The molecule has 0 spiro atoms. The summed E-state index contributed by atoms with van der Waals surface area (Å²) in [6.07, 6.45) is 1.67. The molecule has 1 saturated heterocycles. The van der Waals surface area contributed by atoms with Gasteiger partial charge in [-0.2, -0.15) is 0 Å². The fraction of sp³-hybridized carbons (Fsp3) is 0.200. The van der Waals surface area contributed by atoms with Crippen LogP contribution < -0.4 is 16.4 Å². The summed E-state index contributed by atoms with van der Waals surface area (Å²) in [5.74, 6) is 0.509. The molecule has 1 aromatic carbocycles. The lowest BCUT2D eigenvalue weighted by Crippen LogP contribution is -2.37. The molecule has 3 aromatic rings. The Hall–Kier alpha value is -3.52. The number of aromatic nitrogens is 3. The number of nitrogens with zero attached hydrogens (tertiary/aromatic N) is 4. The van der Waals surface area contributed by atoms with E-state index in [9.17, 15) is 4.79 Å². The molecule has 0 aliphatic carbocycles. The summed E-state index contributed by atoms with van der Waals surface area (Å²) >= 11 is 0. The zero-order chi connectivity index (χ0) is 19.5. The van der Waals surface area contributed by atoms with Crippen molar-refractivity contribution in [1.82, 2.24) is 15.0 Å². The number of amides is 1. The summed E-state index contributed by atoms with van der Waals surface area (Å²) in [5, 5.41) is 0. The maximum atomic E-state index is 11.9. The predicted molar refractivity (Wildman–Crippen MR) is 107 cm³/mol. The van der Waals surface area contributed by atoms with Gasteiger partial charge in [-0.15, -0.1) is 0 Å². The fourth-order valence-electron chi connectivity index (χ4n) is 3.10. The van der Waals surface area contributed by atoms with Gasteiger partial charge in [-0.05, 0) is 24.3 Å². The molecule has 2 aromatic heterocycles. The van der Waals surface area contributed by atoms with E-state index in [0.717, 1.165) is 5.56 Å². The number of hydrogen-bond acceptors (Lipinski definition) is 7. The Morgan fingerprint density at radius 3 is 2.50 bits per heavy atom. The second-order valence-corrected chi connectivity index (χ2v) is 6.42. The third kappa shape index (κ3) is 3.63. The number of hydrogen-bond donors (Lipinski definition) is 2. The Balaban J connectivity index is 1.87. The highest BCUT2D eigenvalue weighted by molar-refractivity contribution is 5.99. The van der Waals surface area contributed by atoms with Crippen molar-refractivity contribution in [3.8, 4) is 22.5 Å². The summed E-state index contributed by atoms with van der Waals surface area (Å²) < 4.78 is 5.43. The molecule has 4 N–H and O–H groups in total. The Morgan fingerprint density at radius 2 is 1.79 bits per heavy atom. The van der Waals surface area contributed by atoms with E-state index in [-0.39, 0.29) is 0 Å². The number of carbonyl (C=O) groups excluding carboxylic acids is 1. The molecule has 4 rings (SSSR count). The molecular formula is C20H20N6O2. The van der Waals surface area contributed by atoms with E-state index in [1.54, 1.807) is 24.4 Å². The van der Waals surface area contributed by atoms with Crippen LogP contribution in [-0.4, -0.2) is 47.2 Å². The van der Waals surface area contributed by atoms with Gasteiger partial charge in [0.25, 0.3) is 0 Å². The normalized spacial score (nSPS) is 14.1. The largest absolute Gasteiger partial charge is 0.384 e. The number of nitrogen functional groups attached to an aromatic ring is 1. The number of primary amides is 1. The van der Waals surface area contributed by atoms with Crippen LogP contribution >= 0.6 is 0 Å². The average Bonchev–Trinajstić information content (AvgIpc) is 2.74. The number of rotatable bonds is 4. The van der Waals surface area contributed by atoms with Gasteiger partial charge in [0, 0.05) is 36.0 Å². The van der Waals surface area contributed by atoms with Crippen molar-refractivity contribution in [2.24, 2.45) is 5.73 Å². The second-order valence-electron chi connectivity index (χ2n) is 6.42. The molecule has 1 fully saturated rings. The SMILES string of the molecule is NC(=O)c1ccccc1-c1cc(-c2ccc(N)nc2)nc(N2CCOCC2)n1. The quantitative estimate of drug-likeness (QED) is 0.711. The summed E-state index contributed by atoms with van der Waals surface area (Å²) in [4.78, 5) is 27.6. The van der Waals surface area contributed by atoms with Crippen molar-refractivity contribution in [1.29, 1.82) is 0 Å². The minimum absolute atomic E-state index is 0.413. The molecular weight excluding hydrogens is 356 g/mol. The maximum Gasteiger partial charge on any atom is 0.249 e. The molecule has 1 aliphatic rings. The molecule has 0 atom stereocenters. The summed E-state index contributed by atoms with van der Waals surface area (Å²) in [6.45, 7) is 2.62. The summed E-state index contributed by atoms with van der Waals surface area (Å²) in [7, 11) is 0. The van der Waals surface area contributed by atoms with E-state index in [1.165, 1.54) is 0 Å². The van der Waals surface area contributed by atoms with Gasteiger partial charge in [-0.1, -0.05) is 18.2 Å². The molecule has 28 heavy (non-hydrogen) atoms. The molecule has 3 heterocycles. The molecule has 0 radical (unpaired) electrons. The molecule has 1 aliphatic heterocycles. The number of carbonyl (C=O) groups is 1. The molecule has 0 unspecified atom stereocenters. The highest BCUT2D eigenvalue weighted by atomic mass is 16.5. The van der Waals surface area contributed by atoms with Crippen LogP contribution in [-0.2, 0) is 4.74 Å². The average molecular weight is 376 g/mol. The van der Waals surface area contributed by atoms with Crippen molar-refractivity contribution in [3.05, 3.63) is 54.2 Å². The van der Waals surface area contributed by atoms with Crippen molar-refractivity contribution in [2.75, 3.05) is 36.9 Å². The first kappa shape index (κ1) is 17.9. The third-order valence-corrected chi connectivity index (χ3v) is 4.56. The second kappa shape index (κ2) is 7.61. The van der Waals surface area contributed by atoms with Gasteiger partial charge in [0.05, 0.1) is 24.6 Å². The smallest absolute Gasteiger partial charge is 0.249 e. The highest BCUT2D eigenvalue weighted by Gasteiger charge is 2.19. The van der Waals surface area contributed by atoms with Gasteiger partial charge in [0.15, 0.2) is 0 Å². The van der Waals surface area contributed by atoms with Gasteiger partial charge in [-0.3, -0.25) is 4.79 Å². The van der Waals surface area contributed by atoms with E-state index in [4.69, 9.17) is 26.2 Å². The highest BCUT2D eigenvalue weighted by Crippen LogP contribution is 2.28. The zero-order valence-corrected chi connectivity index (χ0v) is 15.2. The van der Waals surface area contributed by atoms with Crippen molar-refractivity contribution in [2.45, 2.75) is 0 Å². The van der Waals surface area contributed by atoms with Crippen LogP contribution in [0.25, 0.3) is 22.5 Å². The van der Waals surface area contributed by atoms with Gasteiger partial charge in [0.2, 0.25) is 11.9 Å². The van der Waals surface area contributed by atoms with Crippen molar-refractivity contribution in [3.63, 3.8) is 0 Å². The summed E-state index contributed by atoms with van der Waals surface area (Å²) in [5.41, 5.74) is 14.5. The molecule has 142 valence electrons. The van der Waals surface area contributed by atoms with Crippen LogP contribution in [0.1, 0.15) is 10.4 Å². The standard InChI is InChI=1S/C20H20N6O2/c21-18-6-5-13(12-23-18)16-11-17(14-3-1-2-4-15(14)19(22)27)25-20(24-16)26-7-9-28-10-8-26/h1-6,11-12H,7-10H2,(H2,21,23)(H2,22,27). The monoisotopic (exact) mass is 376 g/mol. The van der Waals surface area contributed by atoms with Crippen molar-refractivity contribution < 1.29 is 9.53 Å². The Labute approximate surface area is 162 Å². The lowest BCUT2D eigenvalue weighted by molar-refractivity contribution is 0.100. The lowest BCUT2D eigenvalue weighted by atomic mass is 10.0. The van der Waals surface area contributed by atoms with E-state index >= 15 is 0 Å². The van der Waals surface area contributed by atoms with E-state index < -0.39 is 5.91 Å². The van der Waals surface area contributed by atoms with Crippen LogP contribution in [0, 0.1) is 0 Å². The first-order valence-electron chi connectivity index (χ1n) is 8.95. The Kier molecular flexibility index (Phi) is 4.86. The van der Waals surface area contributed by atoms with Crippen molar-refractivity contribution >= 4 is 17.7 Å². The van der Waals surface area contributed by atoms with Gasteiger partial charge in [0.1, 0.15) is 5.82 Å². The lowest BCUT2D eigenvalue weighted by Gasteiger charge is -2.27. The maximum absolute atomic E-state index is 11.9. The zero-order valence-electron chi connectivity index (χ0n) is 15.2. The first-order chi connectivity index (χ1) is 13.6. The van der Waals surface area contributed by atoms with E-state index in [0.29, 0.717) is 60.6 Å². The fourth-order valence-corrected chi connectivity index (χ4v) is 3.10. The van der Waals surface area contributed by atoms with Crippen LogP contribution in [0.5, 0.6) is 0 Å². The first-order valence-corrected chi connectivity index (χ1v) is 8.95. The van der Waals surface area contributed by atoms with Crippen LogP contribution in [0.3, 0.4) is 0 Å². The number of benzene rings is 1. The van der Waals surface area contributed by atoms with Gasteiger partial charge in [-0.25, -0.2) is 15.0 Å². The van der Waals surface area contributed by atoms with Gasteiger partial charge < -0.3 is 21.1 Å². The number of nitrogens with two attached hydrogens (primary N) is 2. The molecule has 0 bridgehead atoms.